The summed E-state index contributed by atoms with van der Waals surface area (Å²) in [5.41, 5.74) is 3.18. The largest absolute Gasteiger partial charge is 0.312 e. The summed E-state index contributed by atoms with van der Waals surface area (Å²) in [4.78, 5) is 0. The summed E-state index contributed by atoms with van der Waals surface area (Å²) in [7, 11) is 0. The van der Waals surface area contributed by atoms with E-state index in [1.165, 1.54) is 6.21 Å². The second-order valence-corrected chi connectivity index (χ2v) is 2.97. The van der Waals surface area contributed by atoms with E-state index in [2.05, 4.69) is 10.2 Å². The molecule has 0 aliphatic rings. The van der Waals surface area contributed by atoms with Gasteiger partial charge in [-0.05, 0) is 25.0 Å². The van der Waals surface area contributed by atoms with Crippen molar-refractivity contribution < 1.29 is 0 Å². The first kappa shape index (κ1) is 8.84. The van der Waals surface area contributed by atoms with Gasteiger partial charge in [-0.2, -0.15) is 10.2 Å². The lowest BCUT2D eigenvalue weighted by Crippen LogP contribution is -2.02. The number of aryl methyl sites for hydroxylation is 1. The average molecular weight is 163 g/mol. The first-order valence-electron chi connectivity index (χ1n) is 3.96. The molecule has 1 heterocycles. The Morgan fingerprint density at radius 1 is 1.50 bits per heavy atom. The van der Waals surface area contributed by atoms with Crippen LogP contribution in [0.3, 0.4) is 0 Å². The van der Waals surface area contributed by atoms with Crippen molar-refractivity contribution in [1.29, 1.82) is 5.41 Å². The molecule has 0 amide bonds. The summed E-state index contributed by atoms with van der Waals surface area (Å²) in [6, 6.07) is 0. The first-order valence-corrected chi connectivity index (χ1v) is 3.96. The van der Waals surface area contributed by atoms with E-state index in [9.17, 15) is 0 Å². The van der Waals surface area contributed by atoms with Crippen molar-refractivity contribution in [3.63, 3.8) is 0 Å². The zero-order chi connectivity index (χ0) is 9.14. The SMILES string of the molecule is Cc1nncc(C(C)C=N)c1C. The van der Waals surface area contributed by atoms with Crippen LogP contribution in [0.5, 0.6) is 0 Å². The van der Waals surface area contributed by atoms with Crippen molar-refractivity contribution in [3.05, 3.63) is 23.0 Å². The van der Waals surface area contributed by atoms with Gasteiger partial charge in [-0.1, -0.05) is 6.92 Å². The molecule has 0 radical (unpaired) electrons. The van der Waals surface area contributed by atoms with Crippen molar-refractivity contribution in [2.24, 2.45) is 0 Å². The molecule has 0 aliphatic heterocycles. The summed E-state index contributed by atoms with van der Waals surface area (Å²) < 4.78 is 0. The second kappa shape index (κ2) is 3.43. The number of aromatic nitrogens is 2. The van der Waals surface area contributed by atoms with Crippen LogP contribution >= 0.6 is 0 Å². The van der Waals surface area contributed by atoms with Crippen molar-refractivity contribution in [2.75, 3.05) is 0 Å². The highest BCUT2D eigenvalue weighted by Gasteiger charge is 2.07. The third kappa shape index (κ3) is 1.49. The maximum absolute atomic E-state index is 7.14. The van der Waals surface area contributed by atoms with Crippen molar-refractivity contribution >= 4 is 6.21 Å². The quantitative estimate of drug-likeness (QED) is 0.676. The molecule has 0 aliphatic carbocycles. The Kier molecular flexibility index (Phi) is 2.53. The molecule has 1 atom stereocenters. The molecule has 0 bridgehead atoms. The standard InChI is InChI=1S/C9H13N3/c1-6(4-10)9-5-11-12-8(3)7(9)2/h4-6,10H,1-3H3. The van der Waals surface area contributed by atoms with E-state index in [4.69, 9.17) is 5.41 Å². The van der Waals surface area contributed by atoms with Gasteiger partial charge in [0.1, 0.15) is 0 Å². The molecular formula is C9H13N3. The van der Waals surface area contributed by atoms with Gasteiger partial charge in [-0.15, -0.1) is 0 Å². The van der Waals surface area contributed by atoms with Crippen molar-refractivity contribution in [2.45, 2.75) is 26.7 Å². The molecule has 12 heavy (non-hydrogen) atoms. The van der Waals surface area contributed by atoms with Crippen LogP contribution in [0.15, 0.2) is 6.20 Å². The highest BCUT2D eigenvalue weighted by atomic mass is 15.1. The molecule has 0 saturated carbocycles. The molecule has 3 heteroatoms. The normalized spacial score (nSPS) is 12.6. The van der Waals surface area contributed by atoms with E-state index in [0.717, 1.165) is 16.8 Å². The predicted molar refractivity (Wildman–Crippen MR) is 48.7 cm³/mol. The molecule has 3 nitrogen and oxygen atoms in total. The van der Waals surface area contributed by atoms with Gasteiger partial charge in [0.25, 0.3) is 0 Å². The Morgan fingerprint density at radius 3 is 2.75 bits per heavy atom. The molecule has 0 saturated heterocycles. The third-order valence-electron chi connectivity index (χ3n) is 2.12. The Balaban J connectivity index is 3.15. The van der Waals surface area contributed by atoms with Crippen LogP contribution in [-0.4, -0.2) is 16.4 Å². The minimum Gasteiger partial charge on any atom is -0.312 e. The highest BCUT2D eigenvalue weighted by molar-refractivity contribution is 5.64. The summed E-state index contributed by atoms with van der Waals surface area (Å²) in [5.74, 6) is 0.138. The zero-order valence-corrected chi connectivity index (χ0v) is 7.63. The summed E-state index contributed by atoms with van der Waals surface area (Å²) >= 11 is 0. The minimum absolute atomic E-state index is 0.138. The molecule has 0 fully saturated rings. The van der Waals surface area contributed by atoms with Crippen LogP contribution in [-0.2, 0) is 0 Å². The van der Waals surface area contributed by atoms with Crippen LogP contribution in [0.1, 0.15) is 29.7 Å². The lowest BCUT2D eigenvalue weighted by atomic mass is 9.99. The lowest BCUT2D eigenvalue weighted by Gasteiger charge is -2.09. The molecule has 0 aromatic carbocycles. The third-order valence-corrected chi connectivity index (χ3v) is 2.12. The van der Waals surface area contributed by atoms with E-state index < -0.39 is 0 Å². The van der Waals surface area contributed by atoms with E-state index in [-0.39, 0.29) is 5.92 Å². The molecule has 1 rings (SSSR count). The molecule has 1 N–H and O–H groups in total. The van der Waals surface area contributed by atoms with Crippen LogP contribution in [0, 0.1) is 19.3 Å². The van der Waals surface area contributed by atoms with E-state index >= 15 is 0 Å². The fourth-order valence-corrected chi connectivity index (χ4v) is 1.11. The summed E-state index contributed by atoms with van der Waals surface area (Å²) in [6.07, 6.45) is 3.15. The van der Waals surface area contributed by atoms with Crippen molar-refractivity contribution in [1.82, 2.24) is 10.2 Å². The molecule has 1 unspecified atom stereocenters. The van der Waals surface area contributed by atoms with Crippen LogP contribution in [0.2, 0.25) is 0 Å². The average Bonchev–Trinajstić information content (AvgIpc) is 2.08. The number of rotatable bonds is 2. The number of nitrogens with zero attached hydrogens (tertiary/aromatic N) is 2. The van der Waals surface area contributed by atoms with Crippen LogP contribution in [0.25, 0.3) is 0 Å². The van der Waals surface area contributed by atoms with Gasteiger partial charge in [0, 0.05) is 12.1 Å². The Hall–Kier alpha value is -1.25. The number of hydrogen-bond donors (Lipinski definition) is 1. The monoisotopic (exact) mass is 163 g/mol. The highest BCUT2D eigenvalue weighted by Crippen LogP contribution is 2.17. The second-order valence-electron chi connectivity index (χ2n) is 2.97. The maximum Gasteiger partial charge on any atom is 0.0632 e. The predicted octanol–water partition coefficient (Wildman–Crippen LogP) is 1.85. The summed E-state index contributed by atoms with van der Waals surface area (Å²) in [5, 5.41) is 14.9. The fraction of sp³-hybridized carbons (Fsp3) is 0.444. The zero-order valence-electron chi connectivity index (χ0n) is 7.63. The van der Waals surface area contributed by atoms with Crippen LogP contribution in [0.4, 0.5) is 0 Å². The van der Waals surface area contributed by atoms with E-state index in [1.807, 2.05) is 20.8 Å². The van der Waals surface area contributed by atoms with Gasteiger partial charge in [-0.25, -0.2) is 0 Å². The molecule has 0 spiro atoms. The Labute approximate surface area is 72.3 Å². The first-order chi connectivity index (χ1) is 5.66. The van der Waals surface area contributed by atoms with E-state index in [0.29, 0.717) is 0 Å². The summed E-state index contributed by atoms with van der Waals surface area (Å²) in [6.45, 7) is 5.93. The smallest absolute Gasteiger partial charge is 0.0632 e. The van der Waals surface area contributed by atoms with Gasteiger partial charge in [0.05, 0.1) is 11.9 Å². The number of hydrogen-bond acceptors (Lipinski definition) is 3. The molecular weight excluding hydrogens is 150 g/mol. The lowest BCUT2D eigenvalue weighted by molar-refractivity contribution is 0.898. The Bertz CT molecular complexity index is 294. The fourth-order valence-electron chi connectivity index (χ4n) is 1.11. The van der Waals surface area contributed by atoms with Crippen molar-refractivity contribution in [3.8, 4) is 0 Å². The number of nitrogens with one attached hydrogen (secondary N) is 1. The maximum atomic E-state index is 7.14. The topological polar surface area (TPSA) is 49.6 Å². The van der Waals surface area contributed by atoms with Gasteiger partial charge in [0.15, 0.2) is 0 Å². The molecule has 1 aromatic rings. The van der Waals surface area contributed by atoms with Gasteiger partial charge in [-0.3, -0.25) is 0 Å². The van der Waals surface area contributed by atoms with Gasteiger partial charge < -0.3 is 5.41 Å². The Morgan fingerprint density at radius 2 is 2.17 bits per heavy atom. The van der Waals surface area contributed by atoms with E-state index in [1.54, 1.807) is 6.20 Å². The van der Waals surface area contributed by atoms with Gasteiger partial charge >= 0.3 is 0 Å². The molecule has 1 aromatic heterocycles. The molecule has 64 valence electrons. The van der Waals surface area contributed by atoms with Gasteiger partial charge in [0.2, 0.25) is 0 Å². The van der Waals surface area contributed by atoms with Crippen LogP contribution < -0.4 is 0 Å². The minimum atomic E-state index is 0.138.